The van der Waals surface area contributed by atoms with Crippen molar-refractivity contribution in [3.63, 3.8) is 0 Å². The number of aliphatic carboxylic acids is 1. The van der Waals surface area contributed by atoms with Crippen LogP contribution in [0.4, 0.5) is 0 Å². The highest BCUT2D eigenvalue weighted by atomic mass is 16.4. The summed E-state index contributed by atoms with van der Waals surface area (Å²) >= 11 is 0. The van der Waals surface area contributed by atoms with Crippen LogP contribution in [-0.4, -0.2) is 21.2 Å². The fraction of sp³-hybridized carbons (Fsp3) is 0.100. The van der Waals surface area contributed by atoms with Crippen LogP contribution in [0.2, 0.25) is 0 Å². The fourth-order valence-electron chi connectivity index (χ4n) is 1.37. The number of oxazole rings is 1. The molecule has 0 aliphatic rings. The van der Waals surface area contributed by atoms with Crippen LogP contribution in [0.25, 0.3) is 11.1 Å². The molecule has 0 spiro atoms. The van der Waals surface area contributed by atoms with Crippen LogP contribution < -0.4 is 0 Å². The van der Waals surface area contributed by atoms with E-state index in [-0.39, 0.29) is 17.0 Å². The Morgan fingerprint density at radius 2 is 2.31 bits per heavy atom. The standard InChI is InChI=1S/C10H6N2O4/c11-4-7-12-6-3-1-2-5(9(6)16-7)8(13)10(14)15/h1-3,8,13H,(H,14,15). The number of aliphatic hydroxyl groups is 1. The van der Waals surface area contributed by atoms with Crippen molar-refractivity contribution < 1.29 is 19.4 Å². The third-order valence-corrected chi connectivity index (χ3v) is 2.07. The summed E-state index contributed by atoms with van der Waals surface area (Å²) in [6.07, 6.45) is -1.69. The van der Waals surface area contributed by atoms with Crippen molar-refractivity contribution in [2.45, 2.75) is 6.10 Å². The monoisotopic (exact) mass is 218 g/mol. The largest absolute Gasteiger partial charge is 0.479 e. The molecular weight excluding hydrogens is 212 g/mol. The zero-order valence-electron chi connectivity index (χ0n) is 7.91. The van der Waals surface area contributed by atoms with E-state index < -0.39 is 12.1 Å². The molecule has 1 heterocycles. The van der Waals surface area contributed by atoms with Crippen molar-refractivity contribution in [1.29, 1.82) is 5.26 Å². The van der Waals surface area contributed by atoms with Gasteiger partial charge in [-0.15, -0.1) is 0 Å². The minimum Gasteiger partial charge on any atom is -0.479 e. The van der Waals surface area contributed by atoms with Crippen LogP contribution in [0.5, 0.6) is 0 Å². The number of nitrogens with zero attached hydrogens (tertiary/aromatic N) is 2. The summed E-state index contributed by atoms with van der Waals surface area (Å²) in [6, 6.07) is 6.22. The van der Waals surface area contributed by atoms with Gasteiger partial charge in [0.05, 0.1) is 0 Å². The lowest BCUT2D eigenvalue weighted by Crippen LogP contribution is -2.10. The molecule has 1 aromatic heterocycles. The minimum absolute atomic E-state index is 0.0824. The van der Waals surface area contributed by atoms with Crippen LogP contribution in [0.3, 0.4) is 0 Å². The van der Waals surface area contributed by atoms with Crippen molar-refractivity contribution in [1.82, 2.24) is 4.98 Å². The van der Waals surface area contributed by atoms with E-state index >= 15 is 0 Å². The molecule has 1 unspecified atom stereocenters. The average Bonchev–Trinajstić information content (AvgIpc) is 2.70. The van der Waals surface area contributed by atoms with Gasteiger partial charge in [-0.05, 0) is 6.07 Å². The summed E-state index contributed by atoms with van der Waals surface area (Å²) in [5.41, 5.74) is 0.544. The van der Waals surface area contributed by atoms with E-state index in [1.165, 1.54) is 12.1 Å². The van der Waals surface area contributed by atoms with E-state index in [0.717, 1.165) is 0 Å². The summed E-state index contributed by atoms with van der Waals surface area (Å²) < 4.78 is 5.02. The molecule has 80 valence electrons. The van der Waals surface area contributed by atoms with Gasteiger partial charge < -0.3 is 14.6 Å². The number of aromatic nitrogens is 1. The number of rotatable bonds is 2. The number of carbonyl (C=O) groups is 1. The Labute approximate surface area is 89.4 Å². The number of hydrogen-bond donors (Lipinski definition) is 2. The molecule has 0 saturated carbocycles. The van der Waals surface area contributed by atoms with Crippen LogP contribution in [0.15, 0.2) is 22.6 Å². The zero-order valence-corrected chi connectivity index (χ0v) is 7.91. The zero-order chi connectivity index (χ0) is 11.7. The third-order valence-electron chi connectivity index (χ3n) is 2.07. The van der Waals surface area contributed by atoms with Crippen molar-refractivity contribution in [2.75, 3.05) is 0 Å². The number of fused-ring (bicyclic) bond motifs is 1. The summed E-state index contributed by atoms with van der Waals surface area (Å²) in [5.74, 6) is -1.55. The maximum Gasteiger partial charge on any atom is 0.337 e. The van der Waals surface area contributed by atoms with E-state index in [1.54, 1.807) is 12.1 Å². The van der Waals surface area contributed by atoms with Gasteiger partial charge in [0, 0.05) is 5.56 Å². The molecule has 0 fully saturated rings. The number of carboxylic acids is 1. The van der Waals surface area contributed by atoms with Gasteiger partial charge in [0.1, 0.15) is 5.52 Å². The van der Waals surface area contributed by atoms with E-state index in [4.69, 9.17) is 14.8 Å². The summed E-state index contributed by atoms with van der Waals surface area (Å²) in [5, 5.41) is 26.7. The van der Waals surface area contributed by atoms with Gasteiger partial charge in [0.2, 0.25) is 0 Å². The quantitative estimate of drug-likeness (QED) is 0.772. The van der Waals surface area contributed by atoms with Crippen LogP contribution in [0.1, 0.15) is 17.6 Å². The molecule has 0 saturated heterocycles. The van der Waals surface area contributed by atoms with Crippen LogP contribution >= 0.6 is 0 Å². The third kappa shape index (κ3) is 1.49. The normalized spacial score (nSPS) is 12.2. The topological polar surface area (TPSA) is 107 Å². The lowest BCUT2D eigenvalue weighted by atomic mass is 10.1. The van der Waals surface area contributed by atoms with E-state index in [1.807, 2.05) is 0 Å². The highest BCUT2D eigenvalue weighted by molar-refractivity contribution is 5.84. The molecular formula is C10H6N2O4. The second-order valence-corrected chi connectivity index (χ2v) is 3.07. The molecule has 2 N–H and O–H groups in total. The molecule has 0 aliphatic heterocycles. The highest BCUT2D eigenvalue weighted by Crippen LogP contribution is 2.25. The first-order valence-corrected chi connectivity index (χ1v) is 4.34. The van der Waals surface area contributed by atoms with Gasteiger partial charge >= 0.3 is 11.9 Å². The number of hydrogen-bond acceptors (Lipinski definition) is 5. The predicted molar refractivity (Wildman–Crippen MR) is 51.3 cm³/mol. The summed E-state index contributed by atoms with van der Waals surface area (Å²) in [6.45, 7) is 0. The minimum atomic E-state index is -1.69. The Kier molecular flexibility index (Phi) is 2.31. The van der Waals surface area contributed by atoms with Gasteiger partial charge in [-0.3, -0.25) is 0 Å². The second kappa shape index (κ2) is 3.64. The Bertz CT molecular complexity index is 596. The molecule has 1 atom stereocenters. The second-order valence-electron chi connectivity index (χ2n) is 3.07. The number of para-hydroxylation sites is 1. The SMILES string of the molecule is N#Cc1nc2cccc(C(O)C(=O)O)c2o1. The fourth-order valence-corrected chi connectivity index (χ4v) is 1.37. The van der Waals surface area contributed by atoms with E-state index in [2.05, 4.69) is 4.98 Å². The molecule has 0 aliphatic carbocycles. The van der Waals surface area contributed by atoms with E-state index in [0.29, 0.717) is 5.52 Å². The van der Waals surface area contributed by atoms with Crippen LogP contribution in [0, 0.1) is 11.3 Å². The van der Waals surface area contributed by atoms with Gasteiger partial charge in [-0.1, -0.05) is 12.1 Å². The van der Waals surface area contributed by atoms with Gasteiger partial charge in [-0.2, -0.15) is 10.2 Å². The van der Waals surface area contributed by atoms with Crippen LogP contribution in [-0.2, 0) is 4.79 Å². The molecule has 0 amide bonds. The Balaban J connectivity index is 2.66. The molecule has 0 radical (unpaired) electrons. The van der Waals surface area contributed by atoms with Gasteiger partial charge in [0.15, 0.2) is 17.8 Å². The number of benzene rings is 1. The maximum absolute atomic E-state index is 10.6. The lowest BCUT2D eigenvalue weighted by Gasteiger charge is -2.04. The summed E-state index contributed by atoms with van der Waals surface area (Å²) in [7, 11) is 0. The molecule has 2 aromatic rings. The first-order chi connectivity index (χ1) is 7.63. The summed E-state index contributed by atoms with van der Waals surface area (Å²) in [4.78, 5) is 14.4. The smallest absolute Gasteiger partial charge is 0.337 e. The van der Waals surface area contributed by atoms with Crippen molar-refractivity contribution in [2.24, 2.45) is 0 Å². The average molecular weight is 218 g/mol. The molecule has 1 aromatic carbocycles. The Morgan fingerprint density at radius 3 is 2.94 bits per heavy atom. The first kappa shape index (κ1) is 10.1. The lowest BCUT2D eigenvalue weighted by molar-refractivity contribution is -0.146. The molecule has 16 heavy (non-hydrogen) atoms. The molecule has 6 nitrogen and oxygen atoms in total. The maximum atomic E-state index is 10.6. The number of nitriles is 1. The van der Waals surface area contributed by atoms with Gasteiger partial charge in [-0.25, -0.2) is 4.79 Å². The van der Waals surface area contributed by atoms with Crippen molar-refractivity contribution in [3.05, 3.63) is 29.7 Å². The molecule has 6 heteroatoms. The number of aliphatic hydroxyl groups excluding tert-OH is 1. The van der Waals surface area contributed by atoms with Crippen molar-refractivity contribution in [3.8, 4) is 6.07 Å². The Hall–Kier alpha value is -2.39. The first-order valence-electron chi connectivity index (χ1n) is 4.34. The molecule has 0 bridgehead atoms. The van der Waals surface area contributed by atoms with E-state index in [9.17, 15) is 9.90 Å². The van der Waals surface area contributed by atoms with Gasteiger partial charge in [0.25, 0.3) is 0 Å². The predicted octanol–water partition coefficient (Wildman–Crippen LogP) is 0.817. The van der Waals surface area contributed by atoms with Crippen molar-refractivity contribution >= 4 is 17.1 Å². The number of carboxylic acid groups (broad SMARTS) is 1. The molecule has 2 rings (SSSR count). The highest BCUT2D eigenvalue weighted by Gasteiger charge is 2.21. The Morgan fingerprint density at radius 1 is 1.56 bits per heavy atom.